The molecule has 0 fully saturated rings. The summed E-state index contributed by atoms with van der Waals surface area (Å²) < 4.78 is 0. The lowest BCUT2D eigenvalue weighted by Crippen LogP contribution is -1.87. The lowest BCUT2D eigenvalue weighted by molar-refractivity contribution is 0.954. The van der Waals surface area contributed by atoms with Crippen molar-refractivity contribution in [3.8, 4) is 0 Å². The second-order valence-electron chi connectivity index (χ2n) is 1.83. The SMILES string of the molecule is CC.CSc1ncc(C)c(Cl)n1. The minimum Gasteiger partial charge on any atom is -0.231 e. The van der Waals surface area contributed by atoms with Gasteiger partial charge in [0.05, 0.1) is 0 Å². The van der Waals surface area contributed by atoms with Gasteiger partial charge in [-0.15, -0.1) is 0 Å². The van der Waals surface area contributed by atoms with Crippen molar-refractivity contribution in [1.29, 1.82) is 0 Å². The summed E-state index contributed by atoms with van der Waals surface area (Å²) >= 11 is 7.21. The summed E-state index contributed by atoms with van der Waals surface area (Å²) in [4.78, 5) is 8.03. The van der Waals surface area contributed by atoms with Gasteiger partial charge in [0, 0.05) is 11.8 Å². The van der Waals surface area contributed by atoms with Crippen molar-refractivity contribution in [3.63, 3.8) is 0 Å². The van der Waals surface area contributed by atoms with Gasteiger partial charge in [-0.05, 0) is 13.2 Å². The summed E-state index contributed by atoms with van der Waals surface area (Å²) in [5, 5.41) is 1.26. The van der Waals surface area contributed by atoms with Crippen molar-refractivity contribution in [1.82, 2.24) is 9.97 Å². The minimum absolute atomic E-state index is 0.541. The fourth-order valence-corrected chi connectivity index (χ4v) is 1.02. The Hall–Kier alpha value is -0.280. The van der Waals surface area contributed by atoms with Crippen molar-refractivity contribution in [2.75, 3.05) is 6.26 Å². The highest BCUT2D eigenvalue weighted by Gasteiger charge is 1.97. The lowest BCUT2D eigenvalue weighted by Gasteiger charge is -1.96. The van der Waals surface area contributed by atoms with Crippen LogP contribution in [0.15, 0.2) is 11.4 Å². The number of nitrogens with zero attached hydrogens (tertiary/aromatic N) is 2. The van der Waals surface area contributed by atoms with E-state index in [1.807, 2.05) is 27.0 Å². The first kappa shape index (κ1) is 11.7. The number of thioether (sulfide) groups is 1. The van der Waals surface area contributed by atoms with Crippen LogP contribution < -0.4 is 0 Å². The molecule has 0 aromatic carbocycles. The van der Waals surface area contributed by atoms with Crippen molar-refractivity contribution in [2.24, 2.45) is 0 Å². The molecule has 0 saturated carbocycles. The molecule has 68 valence electrons. The predicted octanol–water partition coefficient (Wildman–Crippen LogP) is 3.19. The van der Waals surface area contributed by atoms with Crippen LogP contribution in [0.5, 0.6) is 0 Å². The molecule has 1 aromatic heterocycles. The van der Waals surface area contributed by atoms with Gasteiger partial charge in [0.15, 0.2) is 5.16 Å². The highest BCUT2D eigenvalue weighted by molar-refractivity contribution is 7.98. The Labute approximate surface area is 82.8 Å². The Balaban J connectivity index is 0.000000561. The molecule has 0 bridgehead atoms. The highest BCUT2D eigenvalue weighted by atomic mass is 35.5. The normalized spacial score (nSPS) is 8.75. The van der Waals surface area contributed by atoms with Gasteiger partial charge in [0.25, 0.3) is 0 Å². The van der Waals surface area contributed by atoms with E-state index in [0.29, 0.717) is 5.15 Å². The molecule has 2 nitrogen and oxygen atoms in total. The van der Waals surface area contributed by atoms with Gasteiger partial charge in [-0.2, -0.15) is 0 Å². The molecule has 1 heterocycles. The first-order chi connectivity index (χ1) is 5.74. The molecule has 0 aliphatic carbocycles. The molecule has 0 atom stereocenters. The Morgan fingerprint density at radius 2 is 2.00 bits per heavy atom. The van der Waals surface area contributed by atoms with Crippen molar-refractivity contribution < 1.29 is 0 Å². The van der Waals surface area contributed by atoms with Gasteiger partial charge in [-0.3, -0.25) is 0 Å². The number of rotatable bonds is 1. The highest BCUT2D eigenvalue weighted by Crippen LogP contribution is 2.14. The summed E-state index contributed by atoms with van der Waals surface area (Å²) in [6.07, 6.45) is 3.64. The van der Waals surface area contributed by atoms with E-state index in [-0.39, 0.29) is 0 Å². The van der Waals surface area contributed by atoms with E-state index >= 15 is 0 Å². The van der Waals surface area contributed by atoms with Crippen LogP contribution >= 0.6 is 23.4 Å². The average molecular weight is 205 g/mol. The van der Waals surface area contributed by atoms with E-state index in [0.717, 1.165) is 10.7 Å². The van der Waals surface area contributed by atoms with Crippen LogP contribution in [0.4, 0.5) is 0 Å². The van der Waals surface area contributed by atoms with Gasteiger partial charge in [0.1, 0.15) is 5.15 Å². The van der Waals surface area contributed by atoms with Crippen LogP contribution in [-0.2, 0) is 0 Å². The Morgan fingerprint density at radius 1 is 1.42 bits per heavy atom. The number of aryl methyl sites for hydroxylation is 1. The van der Waals surface area contributed by atoms with Crippen LogP contribution in [0.25, 0.3) is 0 Å². The molecule has 12 heavy (non-hydrogen) atoms. The number of aromatic nitrogens is 2. The quantitative estimate of drug-likeness (QED) is 0.399. The third-order valence-corrected chi connectivity index (χ3v) is 2.01. The number of hydrogen-bond acceptors (Lipinski definition) is 3. The first-order valence-corrected chi connectivity index (χ1v) is 5.37. The zero-order valence-corrected chi connectivity index (χ0v) is 9.33. The molecule has 4 heteroatoms. The van der Waals surface area contributed by atoms with Gasteiger partial charge < -0.3 is 0 Å². The maximum absolute atomic E-state index is 5.73. The third kappa shape index (κ3) is 3.41. The molecule has 1 rings (SSSR count). The van der Waals surface area contributed by atoms with Gasteiger partial charge in [0.2, 0.25) is 0 Å². The topological polar surface area (TPSA) is 25.8 Å². The zero-order chi connectivity index (χ0) is 9.56. The fourth-order valence-electron chi connectivity index (χ4n) is 0.505. The predicted molar refractivity (Wildman–Crippen MR) is 54.9 cm³/mol. The number of halogens is 1. The van der Waals surface area contributed by atoms with Crippen LogP contribution in [-0.4, -0.2) is 16.2 Å². The van der Waals surface area contributed by atoms with E-state index in [2.05, 4.69) is 9.97 Å². The van der Waals surface area contributed by atoms with E-state index < -0.39 is 0 Å². The standard InChI is InChI=1S/C6H7ClN2S.C2H6/c1-4-3-8-6(10-2)9-5(4)7;1-2/h3H,1-2H3;1-2H3. The maximum atomic E-state index is 5.73. The second-order valence-corrected chi connectivity index (χ2v) is 2.96. The summed E-state index contributed by atoms with van der Waals surface area (Å²) in [5.41, 5.74) is 0.916. The van der Waals surface area contributed by atoms with Crippen molar-refractivity contribution in [2.45, 2.75) is 25.9 Å². The summed E-state index contributed by atoms with van der Waals surface area (Å²) in [7, 11) is 0. The molecule has 1 aromatic rings. The first-order valence-electron chi connectivity index (χ1n) is 3.77. The molecule has 0 aliphatic rings. The second kappa shape index (κ2) is 6.26. The van der Waals surface area contributed by atoms with Crippen LogP contribution in [0.1, 0.15) is 19.4 Å². The summed E-state index contributed by atoms with van der Waals surface area (Å²) in [6.45, 7) is 5.88. The van der Waals surface area contributed by atoms with Gasteiger partial charge in [-0.1, -0.05) is 37.2 Å². The summed E-state index contributed by atoms with van der Waals surface area (Å²) in [6, 6.07) is 0. The Morgan fingerprint density at radius 3 is 2.42 bits per heavy atom. The van der Waals surface area contributed by atoms with Crippen LogP contribution in [0.2, 0.25) is 5.15 Å². The molecule has 0 amide bonds. The number of hydrogen-bond donors (Lipinski definition) is 0. The molecule has 0 spiro atoms. The van der Waals surface area contributed by atoms with E-state index in [1.54, 1.807) is 6.20 Å². The zero-order valence-electron chi connectivity index (χ0n) is 7.76. The molecular weight excluding hydrogens is 192 g/mol. The third-order valence-electron chi connectivity index (χ3n) is 1.07. The Bertz CT molecular complexity index is 240. The smallest absolute Gasteiger partial charge is 0.188 e. The minimum atomic E-state index is 0.541. The van der Waals surface area contributed by atoms with Crippen molar-refractivity contribution in [3.05, 3.63) is 16.9 Å². The summed E-state index contributed by atoms with van der Waals surface area (Å²) in [5.74, 6) is 0. The molecule has 0 N–H and O–H groups in total. The average Bonchev–Trinajstić information content (AvgIpc) is 2.13. The molecule has 0 unspecified atom stereocenters. The largest absolute Gasteiger partial charge is 0.231 e. The van der Waals surface area contributed by atoms with Crippen LogP contribution in [0, 0.1) is 6.92 Å². The van der Waals surface area contributed by atoms with Crippen molar-refractivity contribution >= 4 is 23.4 Å². The van der Waals surface area contributed by atoms with E-state index in [4.69, 9.17) is 11.6 Å². The van der Waals surface area contributed by atoms with Gasteiger partial charge >= 0.3 is 0 Å². The lowest BCUT2D eigenvalue weighted by atomic mass is 10.4. The fraction of sp³-hybridized carbons (Fsp3) is 0.500. The molecule has 0 saturated heterocycles. The van der Waals surface area contributed by atoms with E-state index in [1.165, 1.54) is 11.8 Å². The maximum Gasteiger partial charge on any atom is 0.188 e. The molecule has 0 radical (unpaired) electrons. The monoisotopic (exact) mass is 204 g/mol. The molecular formula is C8H13ClN2S. The Kier molecular flexibility index (Phi) is 6.11. The molecule has 0 aliphatic heterocycles. The van der Waals surface area contributed by atoms with Crippen LogP contribution in [0.3, 0.4) is 0 Å². The van der Waals surface area contributed by atoms with E-state index in [9.17, 15) is 0 Å². The van der Waals surface area contributed by atoms with Gasteiger partial charge in [-0.25, -0.2) is 9.97 Å².